The third kappa shape index (κ3) is 4.11. The first-order valence-corrected chi connectivity index (χ1v) is 8.92. The van der Waals surface area contributed by atoms with Gasteiger partial charge in [-0.2, -0.15) is 0 Å². The van der Waals surface area contributed by atoms with Gasteiger partial charge in [0.25, 0.3) is 5.91 Å². The molecule has 1 aliphatic heterocycles. The molecule has 3 rings (SSSR count). The van der Waals surface area contributed by atoms with E-state index in [9.17, 15) is 9.59 Å². The van der Waals surface area contributed by atoms with Crippen LogP contribution in [0.1, 0.15) is 23.2 Å². The SMILES string of the molecule is CN(C)C(=O)C1CCCN(c2ccc(C(=O)Nc3nncs3)cn2)C1. The number of nitrogens with one attached hydrogen (secondary N) is 1. The van der Waals surface area contributed by atoms with Crippen LogP contribution in [-0.2, 0) is 4.79 Å². The summed E-state index contributed by atoms with van der Waals surface area (Å²) in [5.74, 6) is 0.655. The number of piperidine rings is 1. The molecule has 1 N–H and O–H groups in total. The maximum atomic E-state index is 12.2. The lowest BCUT2D eigenvalue weighted by molar-refractivity contribution is -0.133. The third-order valence-electron chi connectivity index (χ3n) is 4.13. The second-order valence-corrected chi connectivity index (χ2v) is 6.95. The standard InChI is InChI=1S/C16H20N6O2S/c1-21(2)15(24)12-4-3-7-22(9-12)13-6-5-11(8-17-13)14(23)19-16-20-18-10-25-16/h5-6,8,10,12H,3-4,7,9H2,1-2H3,(H,19,20,23). The van der Waals surface area contributed by atoms with Crippen molar-refractivity contribution in [2.45, 2.75) is 12.8 Å². The maximum Gasteiger partial charge on any atom is 0.259 e. The Morgan fingerprint density at radius 3 is 2.84 bits per heavy atom. The summed E-state index contributed by atoms with van der Waals surface area (Å²) in [6, 6.07) is 3.55. The highest BCUT2D eigenvalue weighted by molar-refractivity contribution is 7.13. The van der Waals surface area contributed by atoms with E-state index in [2.05, 4.69) is 25.4 Å². The number of carbonyl (C=O) groups excluding carboxylic acids is 2. The van der Waals surface area contributed by atoms with Crippen LogP contribution in [0, 0.1) is 5.92 Å². The van der Waals surface area contributed by atoms with E-state index in [1.165, 1.54) is 11.3 Å². The van der Waals surface area contributed by atoms with E-state index in [1.54, 1.807) is 36.8 Å². The van der Waals surface area contributed by atoms with Gasteiger partial charge in [0.1, 0.15) is 11.3 Å². The van der Waals surface area contributed by atoms with Gasteiger partial charge in [0, 0.05) is 33.4 Å². The maximum absolute atomic E-state index is 12.2. The number of amides is 2. The van der Waals surface area contributed by atoms with Gasteiger partial charge < -0.3 is 9.80 Å². The first kappa shape index (κ1) is 17.3. The third-order valence-corrected chi connectivity index (χ3v) is 4.73. The van der Waals surface area contributed by atoms with Crippen LogP contribution in [0.3, 0.4) is 0 Å². The van der Waals surface area contributed by atoms with Crippen molar-refractivity contribution in [2.75, 3.05) is 37.4 Å². The van der Waals surface area contributed by atoms with Gasteiger partial charge in [-0.3, -0.25) is 14.9 Å². The van der Waals surface area contributed by atoms with Gasteiger partial charge in [-0.15, -0.1) is 10.2 Å². The van der Waals surface area contributed by atoms with Crippen LogP contribution in [0.2, 0.25) is 0 Å². The van der Waals surface area contributed by atoms with Crippen molar-refractivity contribution in [3.63, 3.8) is 0 Å². The fraction of sp³-hybridized carbons (Fsp3) is 0.438. The largest absolute Gasteiger partial charge is 0.356 e. The van der Waals surface area contributed by atoms with E-state index in [0.717, 1.165) is 25.2 Å². The minimum Gasteiger partial charge on any atom is -0.356 e. The van der Waals surface area contributed by atoms with Gasteiger partial charge in [0.2, 0.25) is 11.0 Å². The summed E-state index contributed by atoms with van der Waals surface area (Å²) in [5, 5.41) is 10.6. The zero-order chi connectivity index (χ0) is 17.8. The van der Waals surface area contributed by atoms with Crippen molar-refractivity contribution in [3.8, 4) is 0 Å². The molecule has 2 aromatic rings. The van der Waals surface area contributed by atoms with Crippen LogP contribution in [0.5, 0.6) is 0 Å². The van der Waals surface area contributed by atoms with E-state index in [4.69, 9.17) is 0 Å². The Morgan fingerprint density at radius 1 is 1.36 bits per heavy atom. The van der Waals surface area contributed by atoms with Crippen LogP contribution < -0.4 is 10.2 Å². The van der Waals surface area contributed by atoms with Crippen LogP contribution in [0.4, 0.5) is 10.9 Å². The Labute approximate surface area is 149 Å². The van der Waals surface area contributed by atoms with Gasteiger partial charge in [-0.25, -0.2) is 4.98 Å². The molecular formula is C16H20N6O2S. The molecule has 8 nitrogen and oxygen atoms in total. The van der Waals surface area contributed by atoms with E-state index in [1.807, 2.05) is 6.07 Å². The molecule has 132 valence electrons. The minimum atomic E-state index is -0.268. The van der Waals surface area contributed by atoms with Crippen LogP contribution in [0.15, 0.2) is 23.8 Å². The summed E-state index contributed by atoms with van der Waals surface area (Å²) >= 11 is 1.26. The Balaban J connectivity index is 1.65. The Bertz CT molecular complexity index is 732. The van der Waals surface area contributed by atoms with Crippen molar-refractivity contribution in [3.05, 3.63) is 29.4 Å². The second kappa shape index (κ2) is 7.56. The average Bonchev–Trinajstić information content (AvgIpc) is 3.14. The number of hydrogen-bond donors (Lipinski definition) is 1. The molecule has 0 radical (unpaired) electrons. The second-order valence-electron chi connectivity index (χ2n) is 6.12. The van der Waals surface area contributed by atoms with Crippen molar-refractivity contribution < 1.29 is 9.59 Å². The van der Waals surface area contributed by atoms with Gasteiger partial charge >= 0.3 is 0 Å². The lowest BCUT2D eigenvalue weighted by atomic mass is 9.96. The molecule has 0 spiro atoms. The lowest BCUT2D eigenvalue weighted by Gasteiger charge is -2.34. The topological polar surface area (TPSA) is 91.3 Å². The fourth-order valence-corrected chi connectivity index (χ4v) is 3.30. The van der Waals surface area contributed by atoms with E-state index < -0.39 is 0 Å². The molecule has 0 aliphatic carbocycles. The minimum absolute atomic E-state index is 0.00840. The summed E-state index contributed by atoms with van der Waals surface area (Å²) in [7, 11) is 3.57. The summed E-state index contributed by atoms with van der Waals surface area (Å²) in [6.45, 7) is 1.51. The molecule has 1 unspecified atom stereocenters. The molecule has 1 saturated heterocycles. The van der Waals surface area contributed by atoms with E-state index in [0.29, 0.717) is 17.2 Å². The highest BCUT2D eigenvalue weighted by Crippen LogP contribution is 2.23. The Kier molecular flexibility index (Phi) is 5.22. The van der Waals surface area contributed by atoms with Crippen LogP contribution >= 0.6 is 11.3 Å². The fourth-order valence-electron chi connectivity index (χ4n) is 2.86. The number of carbonyl (C=O) groups is 2. The van der Waals surface area contributed by atoms with Crippen molar-refractivity contribution in [1.29, 1.82) is 0 Å². The number of aromatic nitrogens is 3. The molecule has 9 heteroatoms. The number of hydrogen-bond acceptors (Lipinski definition) is 7. The van der Waals surface area contributed by atoms with E-state index >= 15 is 0 Å². The number of nitrogens with zero attached hydrogens (tertiary/aromatic N) is 5. The zero-order valence-electron chi connectivity index (χ0n) is 14.2. The highest BCUT2D eigenvalue weighted by Gasteiger charge is 2.27. The van der Waals surface area contributed by atoms with Gasteiger partial charge in [0.05, 0.1) is 11.5 Å². The van der Waals surface area contributed by atoms with Crippen molar-refractivity contribution >= 4 is 34.1 Å². The number of pyridine rings is 1. The summed E-state index contributed by atoms with van der Waals surface area (Å²) in [4.78, 5) is 32.5. The Hall–Kier alpha value is -2.55. The predicted molar refractivity (Wildman–Crippen MR) is 95.7 cm³/mol. The van der Waals surface area contributed by atoms with Gasteiger partial charge in [0.15, 0.2) is 0 Å². The quantitative estimate of drug-likeness (QED) is 0.888. The van der Waals surface area contributed by atoms with Crippen LogP contribution in [0.25, 0.3) is 0 Å². The zero-order valence-corrected chi connectivity index (χ0v) is 15.0. The average molecular weight is 360 g/mol. The first-order valence-electron chi connectivity index (χ1n) is 8.04. The molecule has 0 saturated carbocycles. The summed E-state index contributed by atoms with van der Waals surface area (Å²) in [5.41, 5.74) is 2.01. The van der Waals surface area contributed by atoms with E-state index in [-0.39, 0.29) is 17.7 Å². The molecular weight excluding hydrogens is 340 g/mol. The molecule has 25 heavy (non-hydrogen) atoms. The molecule has 2 aromatic heterocycles. The molecule has 0 bridgehead atoms. The van der Waals surface area contributed by atoms with Crippen molar-refractivity contribution in [2.24, 2.45) is 5.92 Å². The first-order chi connectivity index (χ1) is 12.0. The number of anilines is 2. The Morgan fingerprint density at radius 2 is 2.20 bits per heavy atom. The summed E-state index contributed by atoms with van der Waals surface area (Å²) in [6.07, 6.45) is 3.39. The molecule has 3 heterocycles. The van der Waals surface area contributed by atoms with Crippen molar-refractivity contribution in [1.82, 2.24) is 20.1 Å². The predicted octanol–water partition coefficient (Wildman–Crippen LogP) is 1.49. The monoisotopic (exact) mass is 360 g/mol. The normalized spacial score (nSPS) is 17.2. The molecule has 1 atom stereocenters. The smallest absolute Gasteiger partial charge is 0.259 e. The molecule has 0 aromatic carbocycles. The molecule has 2 amide bonds. The number of rotatable bonds is 4. The molecule has 1 aliphatic rings. The van der Waals surface area contributed by atoms with Crippen LogP contribution in [-0.4, -0.2) is 59.1 Å². The summed E-state index contributed by atoms with van der Waals surface area (Å²) < 4.78 is 0. The highest BCUT2D eigenvalue weighted by atomic mass is 32.1. The lowest BCUT2D eigenvalue weighted by Crippen LogP contribution is -2.43. The molecule has 1 fully saturated rings. The van der Waals surface area contributed by atoms with Gasteiger partial charge in [-0.05, 0) is 25.0 Å². The van der Waals surface area contributed by atoms with Gasteiger partial charge in [-0.1, -0.05) is 11.3 Å².